The second-order valence-electron chi connectivity index (χ2n) is 8.01. The van der Waals surface area contributed by atoms with Crippen molar-refractivity contribution in [2.24, 2.45) is 0 Å². The topological polar surface area (TPSA) is 60.7 Å². The summed E-state index contributed by atoms with van der Waals surface area (Å²) in [5, 5.41) is 3.24. The highest BCUT2D eigenvalue weighted by Crippen LogP contribution is 2.40. The number of methoxy groups -OCH3 is 1. The zero-order valence-corrected chi connectivity index (χ0v) is 19.9. The Bertz CT molecular complexity index is 1420. The molecule has 0 fully saturated rings. The van der Waals surface area contributed by atoms with Crippen LogP contribution in [0.15, 0.2) is 65.3 Å². The number of fused-ring (bicyclic) bond motifs is 1. The molecule has 180 valence electrons. The van der Waals surface area contributed by atoms with Crippen LogP contribution in [0.5, 0.6) is 11.5 Å². The van der Waals surface area contributed by atoms with E-state index in [1.165, 1.54) is 6.08 Å². The third-order valence-corrected chi connectivity index (χ3v) is 5.68. The molecular formula is C28H25F2NO4. The number of aryl methyl sites for hydroxylation is 1. The van der Waals surface area contributed by atoms with Crippen molar-refractivity contribution in [1.82, 2.24) is 0 Å². The summed E-state index contributed by atoms with van der Waals surface area (Å²) in [4.78, 5) is 12.6. The minimum Gasteiger partial charge on any atom is -0.496 e. The quantitative estimate of drug-likeness (QED) is 0.288. The van der Waals surface area contributed by atoms with Crippen molar-refractivity contribution < 1.29 is 27.5 Å². The number of allylic oxidation sites excluding steroid dienone is 1. The molecule has 0 saturated carbocycles. The smallest absolute Gasteiger partial charge is 0.248 e. The maximum Gasteiger partial charge on any atom is 0.248 e. The predicted octanol–water partition coefficient (Wildman–Crippen LogP) is 7.14. The summed E-state index contributed by atoms with van der Waals surface area (Å²) in [6, 6.07) is 12.5. The molecule has 0 aliphatic carbocycles. The van der Waals surface area contributed by atoms with E-state index in [2.05, 4.69) is 5.32 Å². The van der Waals surface area contributed by atoms with E-state index in [1.54, 1.807) is 20.3 Å². The molecule has 0 aliphatic heterocycles. The van der Waals surface area contributed by atoms with Crippen molar-refractivity contribution in [2.75, 3.05) is 19.0 Å². The molecule has 0 spiro atoms. The highest BCUT2D eigenvalue weighted by atomic mass is 19.1. The van der Waals surface area contributed by atoms with Crippen molar-refractivity contribution in [2.45, 2.75) is 20.8 Å². The summed E-state index contributed by atoms with van der Waals surface area (Å²) < 4.78 is 44.4. The number of hydrogen-bond donors (Lipinski definition) is 1. The molecule has 1 amide bonds. The molecule has 3 aromatic carbocycles. The molecule has 0 radical (unpaired) electrons. The highest BCUT2D eigenvalue weighted by Gasteiger charge is 2.19. The van der Waals surface area contributed by atoms with Crippen LogP contribution in [0.4, 0.5) is 14.5 Å². The van der Waals surface area contributed by atoms with Crippen LogP contribution in [0.25, 0.3) is 27.7 Å². The minimum absolute atomic E-state index is 0.231. The molecule has 1 N–H and O–H groups in total. The van der Waals surface area contributed by atoms with Gasteiger partial charge in [0.25, 0.3) is 0 Å². The van der Waals surface area contributed by atoms with Crippen molar-refractivity contribution >= 4 is 28.1 Å². The van der Waals surface area contributed by atoms with Crippen LogP contribution in [-0.4, -0.2) is 19.6 Å². The summed E-state index contributed by atoms with van der Waals surface area (Å²) in [6.07, 6.45) is 3.01. The Labute approximate surface area is 202 Å². The number of ether oxygens (including phenoxy) is 2. The van der Waals surface area contributed by atoms with E-state index in [1.807, 2.05) is 44.2 Å². The molecule has 4 aromatic rings. The first-order chi connectivity index (χ1) is 16.8. The van der Waals surface area contributed by atoms with Gasteiger partial charge >= 0.3 is 0 Å². The Hall–Kier alpha value is -4.13. The minimum atomic E-state index is -0.723. The maximum absolute atomic E-state index is 13.9. The zero-order chi connectivity index (χ0) is 25.1. The first-order valence-corrected chi connectivity index (χ1v) is 11.1. The van der Waals surface area contributed by atoms with Crippen molar-refractivity contribution in [3.8, 4) is 22.6 Å². The summed E-state index contributed by atoms with van der Waals surface area (Å²) in [5.41, 5.74) is 4.32. The van der Waals surface area contributed by atoms with Gasteiger partial charge in [0.2, 0.25) is 5.91 Å². The summed E-state index contributed by atoms with van der Waals surface area (Å²) in [6.45, 7) is 6.15. The van der Waals surface area contributed by atoms with Crippen LogP contribution in [0, 0.1) is 18.6 Å². The molecule has 1 heterocycles. The number of hydrogen-bond acceptors (Lipinski definition) is 4. The van der Waals surface area contributed by atoms with Gasteiger partial charge in [-0.1, -0.05) is 12.1 Å². The van der Waals surface area contributed by atoms with Gasteiger partial charge < -0.3 is 19.2 Å². The standard InChI is InChI=1S/C28H25F2NO4/c1-5-34-20-9-6-18(7-10-20)23-15-35-28-17(3)27(33-4)21(14-22(23)28)16(2)12-26(32)31-25-13-19(29)8-11-24(25)30/h6-15H,5H2,1-4H3,(H,31,32)/b16-12+. The summed E-state index contributed by atoms with van der Waals surface area (Å²) in [7, 11) is 1.55. The number of carbonyl (C=O) groups is 1. The second-order valence-corrected chi connectivity index (χ2v) is 8.01. The van der Waals surface area contributed by atoms with Crippen molar-refractivity contribution in [3.63, 3.8) is 0 Å². The van der Waals surface area contributed by atoms with Crippen molar-refractivity contribution in [3.05, 3.63) is 83.6 Å². The van der Waals surface area contributed by atoms with E-state index in [0.717, 1.165) is 46.0 Å². The maximum atomic E-state index is 13.9. The third-order valence-electron chi connectivity index (χ3n) is 5.68. The molecule has 0 atom stereocenters. The van der Waals surface area contributed by atoms with E-state index in [0.29, 0.717) is 29.1 Å². The fourth-order valence-electron chi connectivity index (χ4n) is 4.03. The Balaban J connectivity index is 1.74. The second kappa shape index (κ2) is 10.0. The number of nitrogens with one attached hydrogen (secondary N) is 1. The van der Waals surface area contributed by atoms with Crippen LogP contribution < -0.4 is 14.8 Å². The van der Waals surface area contributed by atoms with Crippen LogP contribution >= 0.6 is 0 Å². The largest absolute Gasteiger partial charge is 0.496 e. The fraction of sp³-hybridized carbons (Fsp3) is 0.179. The van der Waals surface area contributed by atoms with E-state index >= 15 is 0 Å². The van der Waals surface area contributed by atoms with Gasteiger partial charge in [-0.05, 0) is 62.2 Å². The van der Waals surface area contributed by atoms with E-state index in [4.69, 9.17) is 13.9 Å². The Morgan fingerprint density at radius 1 is 1.11 bits per heavy atom. The lowest BCUT2D eigenvalue weighted by atomic mass is 9.96. The first kappa shape index (κ1) is 24.0. The van der Waals surface area contributed by atoms with Crippen LogP contribution in [0.1, 0.15) is 25.0 Å². The average Bonchev–Trinajstić information content (AvgIpc) is 3.26. The number of benzene rings is 3. The Kier molecular flexibility index (Phi) is 6.87. The van der Waals surface area contributed by atoms with Gasteiger partial charge in [0, 0.05) is 34.2 Å². The molecule has 4 rings (SSSR count). The Morgan fingerprint density at radius 2 is 1.86 bits per heavy atom. The number of rotatable bonds is 7. The number of anilines is 1. The SMILES string of the molecule is CCOc1ccc(-c2coc3c(C)c(OC)c(/C(C)=C/C(=O)Nc4cc(F)ccc4F)cc23)cc1. The molecule has 0 saturated heterocycles. The molecule has 1 aromatic heterocycles. The lowest BCUT2D eigenvalue weighted by Crippen LogP contribution is -2.10. The van der Waals surface area contributed by atoms with Crippen LogP contribution in [0.2, 0.25) is 0 Å². The van der Waals surface area contributed by atoms with Crippen LogP contribution in [0.3, 0.4) is 0 Å². The zero-order valence-electron chi connectivity index (χ0n) is 19.9. The highest BCUT2D eigenvalue weighted by molar-refractivity contribution is 6.06. The molecule has 0 unspecified atom stereocenters. The Morgan fingerprint density at radius 3 is 2.54 bits per heavy atom. The lowest BCUT2D eigenvalue weighted by Gasteiger charge is -2.13. The number of amides is 1. The lowest BCUT2D eigenvalue weighted by molar-refractivity contribution is -0.111. The molecular weight excluding hydrogens is 452 g/mol. The van der Waals surface area contributed by atoms with Crippen molar-refractivity contribution in [1.29, 1.82) is 0 Å². The predicted molar refractivity (Wildman–Crippen MR) is 133 cm³/mol. The van der Waals surface area contributed by atoms with E-state index < -0.39 is 17.5 Å². The van der Waals surface area contributed by atoms with Crippen LogP contribution in [-0.2, 0) is 4.79 Å². The fourth-order valence-corrected chi connectivity index (χ4v) is 4.03. The average molecular weight is 478 g/mol. The van der Waals surface area contributed by atoms with Gasteiger partial charge in [-0.15, -0.1) is 0 Å². The number of halogens is 2. The van der Waals surface area contributed by atoms with Gasteiger partial charge in [0.05, 0.1) is 25.7 Å². The van der Waals surface area contributed by atoms with Gasteiger partial charge in [0.15, 0.2) is 0 Å². The first-order valence-electron chi connectivity index (χ1n) is 11.1. The summed E-state index contributed by atoms with van der Waals surface area (Å²) >= 11 is 0. The number of furan rings is 1. The number of carbonyl (C=O) groups excluding carboxylic acids is 1. The van der Waals surface area contributed by atoms with E-state index in [9.17, 15) is 13.6 Å². The van der Waals surface area contributed by atoms with Gasteiger partial charge in [0.1, 0.15) is 28.7 Å². The van der Waals surface area contributed by atoms with Gasteiger partial charge in [-0.25, -0.2) is 8.78 Å². The molecule has 0 bridgehead atoms. The summed E-state index contributed by atoms with van der Waals surface area (Å²) in [5.74, 6) is -0.623. The van der Waals surface area contributed by atoms with E-state index in [-0.39, 0.29) is 5.69 Å². The monoisotopic (exact) mass is 477 g/mol. The molecule has 7 heteroatoms. The molecule has 0 aliphatic rings. The normalized spacial score (nSPS) is 11.5. The van der Waals surface area contributed by atoms with Gasteiger partial charge in [-0.3, -0.25) is 4.79 Å². The molecule has 35 heavy (non-hydrogen) atoms. The molecule has 5 nitrogen and oxygen atoms in total. The third kappa shape index (κ3) is 4.89. The van der Waals surface area contributed by atoms with Gasteiger partial charge in [-0.2, -0.15) is 0 Å².